The first-order valence-corrected chi connectivity index (χ1v) is 6.32. The molecular formula is C16H13FN2O. The number of fused-ring (bicyclic) bond motifs is 1. The van der Waals surface area contributed by atoms with Crippen LogP contribution in [0.3, 0.4) is 0 Å². The Labute approximate surface area is 115 Å². The van der Waals surface area contributed by atoms with Gasteiger partial charge in [-0.1, -0.05) is 12.1 Å². The number of carbonyl (C=O) groups is 1. The van der Waals surface area contributed by atoms with Crippen LogP contribution in [-0.2, 0) is 13.5 Å². The molecule has 0 aliphatic carbocycles. The molecule has 1 heterocycles. The third-order valence-corrected chi connectivity index (χ3v) is 3.41. The number of nitrogens with zero attached hydrogens (tertiary/aromatic N) is 2. The molecule has 0 aliphatic heterocycles. The fourth-order valence-corrected chi connectivity index (χ4v) is 2.27. The van der Waals surface area contributed by atoms with Crippen molar-refractivity contribution in [1.29, 1.82) is 0 Å². The van der Waals surface area contributed by atoms with Crippen LogP contribution < -0.4 is 0 Å². The highest BCUT2D eigenvalue weighted by Gasteiger charge is 2.09. The van der Waals surface area contributed by atoms with Crippen LogP contribution in [0.25, 0.3) is 11.0 Å². The van der Waals surface area contributed by atoms with Crippen LogP contribution in [-0.4, -0.2) is 15.8 Å². The number of halogens is 1. The van der Waals surface area contributed by atoms with Gasteiger partial charge in [-0.2, -0.15) is 0 Å². The second-order valence-electron chi connectivity index (χ2n) is 4.76. The Hall–Kier alpha value is -2.49. The van der Waals surface area contributed by atoms with Crippen LogP contribution in [0.5, 0.6) is 0 Å². The summed E-state index contributed by atoms with van der Waals surface area (Å²) in [4.78, 5) is 15.4. The molecule has 0 amide bonds. The lowest BCUT2D eigenvalue weighted by Crippen LogP contribution is -1.99. The van der Waals surface area contributed by atoms with Gasteiger partial charge in [0, 0.05) is 19.0 Å². The average Bonchev–Trinajstić information content (AvgIpc) is 2.77. The van der Waals surface area contributed by atoms with E-state index in [1.165, 1.54) is 12.1 Å². The van der Waals surface area contributed by atoms with Crippen molar-refractivity contribution in [2.45, 2.75) is 6.42 Å². The van der Waals surface area contributed by atoms with Gasteiger partial charge < -0.3 is 4.57 Å². The molecule has 1 aromatic heterocycles. The maximum Gasteiger partial charge on any atom is 0.150 e. The lowest BCUT2D eigenvalue weighted by atomic mass is 10.1. The smallest absolute Gasteiger partial charge is 0.150 e. The van der Waals surface area contributed by atoms with Gasteiger partial charge in [-0.25, -0.2) is 9.37 Å². The lowest BCUT2D eigenvalue weighted by molar-refractivity contribution is 0.112. The van der Waals surface area contributed by atoms with Gasteiger partial charge in [0.25, 0.3) is 0 Å². The van der Waals surface area contributed by atoms with Crippen molar-refractivity contribution in [3.05, 3.63) is 65.2 Å². The molecular weight excluding hydrogens is 255 g/mol. The Morgan fingerprint density at radius 2 is 1.95 bits per heavy atom. The number of hydrogen-bond donors (Lipinski definition) is 0. The minimum absolute atomic E-state index is 0.241. The van der Waals surface area contributed by atoms with Crippen LogP contribution in [0.15, 0.2) is 42.5 Å². The lowest BCUT2D eigenvalue weighted by Gasteiger charge is -2.03. The molecule has 0 fully saturated rings. The van der Waals surface area contributed by atoms with E-state index in [4.69, 9.17) is 0 Å². The highest BCUT2D eigenvalue weighted by Crippen LogP contribution is 2.18. The summed E-state index contributed by atoms with van der Waals surface area (Å²) in [5, 5.41) is 0. The van der Waals surface area contributed by atoms with Crippen molar-refractivity contribution in [2.24, 2.45) is 7.05 Å². The first-order chi connectivity index (χ1) is 9.67. The quantitative estimate of drug-likeness (QED) is 0.684. The summed E-state index contributed by atoms with van der Waals surface area (Å²) in [7, 11) is 1.92. The molecule has 4 heteroatoms. The van der Waals surface area contributed by atoms with E-state index in [0.717, 1.165) is 28.7 Å². The monoisotopic (exact) mass is 268 g/mol. The standard InChI is InChI=1S/C16H13FN2O/c1-19-15-8-12(10-20)4-7-14(15)18-16(19)9-11-2-5-13(17)6-3-11/h2-8,10H,9H2,1H3. The summed E-state index contributed by atoms with van der Waals surface area (Å²) >= 11 is 0. The Morgan fingerprint density at radius 3 is 2.65 bits per heavy atom. The van der Waals surface area contributed by atoms with Crippen LogP contribution in [0.1, 0.15) is 21.7 Å². The molecule has 0 atom stereocenters. The first kappa shape index (κ1) is 12.5. The molecule has 0 spiro atoms. The maximum absolute atomic E-state index is 12.9. The minimum atomic E-state index is -0.241. The molecule has 0 unspecified atom stereocenters. The second-order valence-corrected chi connectivity index (χ2v) is 4.76. The third-order valence-electron chi connectivity index (χ3n) is 3.41. The van der Waals surface area contributed by atoms with E-state index in [2.05, 4.69) is 4.98 Å². The van der Waals surface area contributed by atoms with E-state index in [1.807, 2.05) is 23.7 Å². The van der Waals surface area contributed by atoms with Gasteiger partial charge in [0.1, 0.15) is 17.9 Å². The summed E-state index contributed by atoms with van der Waals surface area (Å²) in [6.07, 6.45) is 1.45. The number of hydrogen-bond acceptors (Lipinski definition) is 2. The Bertz CT molecular complexity index is 775. The van der Waals surface area contributed by atoms with Gasteiger partial charge in [-0.3, -0.25) is 4.79 Å². The molecule has 3 rings (SSSR count). The van der Waals surface area contributed by atoms with E-state index in [-0.39, 0.29) is 5.82 Å². The minimum Gasteiger partial charge on any atom is -0.331 e. The van der Waals surface area contributed by atoms with E-state index < -0.39 is 0 Å². The molecule has 0 radical (unpaired) electrons. The van der Waals surface area contributed by atoms with Crippen molar-refractivity contribution < 1.29 is 9.18 Å². The number of aryl methyl sites for hydroxylation is 1. The fraction of sp³-hybridized carbons (Fsp3) is 0.125. The first-order valence-electron chi connectivity index (χ1n) is 6.32. The molecule has 0 saturated carbocycles. The zero-order valence-corrected chi connectivity index (χ0v) is 11.0. The van der Waals surface area contributed by atoms with Crippen LogP contribution in [0, 0.1) is 5.82 Å². The van der Waals surface area contributed by atoms with Gasteiger partial charge in [0.15, 0.2) is 0 Å². The highest BCUT2D eigenvalue weighted by molar-refractivity contribution is 5.85. The predicted molar refractivity (Wildman–Crippen MR) is 75.3 cm³/mol. The maximum atomic E-state index is 12.9. The Balaban J connectivity index is 2.01. The molecule has 20 heavy (non-hydrogen) atoms. The van der Waals surface area contributed by atoms with Crippen molar-refractivity contribution >= 4 is 17.3 Å². The summed E-state index contributed by atoms with van der Waals surface area (Å²) in [6.45, 7) is 0. The fourth-order valence-electron chi connectivity index (χ4n) is 2.27. The second kappa shape index (κ2) is 4.89. The average molecular weight is 268 g/mol. The zero-order chi connectivity index (χ0) is 14.1. The number of rotatable bonds is 3. The van der Waals surface area contributed by atoms with Crippen LogP contribution >= 0.6 is 0 Å². The molecule has 3 aromatic rings. The van der Waals surface area contributed by atoms with E-state index >= 15 is 0 Å². The molecule has 0 N–H and O–H groups in total. The SMILES string of the molecule is Cn1c(Cc2ccc(F)cc2)nc2ccc(C=O)cc21. The topological polar surface area (TPSA) is 34.9 Å². The van der Waals surface area contributed by atoms with Gasteiger partial charge in [0.05, 0.1) is 11.0 Å². The normalized spacial score (nSPS) is 10.9. The molecule has 0 aliphatic rings. The van der Waals surface area contributed by atoms with Crippen molar-refractivity contribution in [3.8, 4) is 0 Å². The molecule has 0 bridgehead atoms. The zero-order valence-electron chi connectivity index (χ0n) is 11.0. The molecule has 3 nitrogen and oxygen atoms in total. The van der Waals surface area contributed by atoms with Crippen LogP contribution in [0.2, 0.25) is 0 Å². The molecule has 2 aromatic carbocycles. The van der Waals surface area contributed by atoms with Gasteiger partial charge in [-0.15, -0.1) is 0 Å². The third kappa shape index (κ3) is 2.20. The number of aldehydes is 1. The number of aromatic nitrogens is 2. The van der Waals surface area contributed by atoms with Gasteiger partial charge in [-0.05, 0) is 35.9 Å². The van der Waals surface area contributed by atoms with Crippen molar-refractivity contribution in [2.75, 3.05) is 0 Å². The van der Waals surface area contributed by atoms with Crippen molar-refractivity contribution in [1.82, 2.24) is 9.55 Å². The van der Waals surface area contributed by atoms with Crippen molar-refractivity contribution in [3.63, 3.8) is 0 Å². The summed E-state index contributed by atoms with van der Waals surface area (Å²) in [5.74, 6) is 0.643. The van der Waals surface area contributed by atoms with E-state index in [1.54, 1.807) is 18.2 Å². The molecule has 100 valence electrons. The van der Waals surface area contributed by atoms with Gasteiger partial charge in [0.2, 0.25) is 0 Å². The number of imidazole rings is 1. The summed E-state index contributed by atoms with van der Waals surface area (Å²) in [5.41, 5.74) is 3.41. The Morgan fingerprint density at radius 1 is 1.20 bits per heavy atom. The largest absolute Gasteiger partial charge is 0.331 e. The Kier molecular flexibility index (Phi) is 3.06. The summed E-state index contributed by atoms with van der Waals surface area (Å²) < 4.78 is 14.9. The highest BCUT2D eigenvalue weighted by atomic mass is 19.1. The van der Waals surface area contributed by atoms with E-state index in [0.29, 0.717) is 12.0 Å². The van der Waals surface area contributed by atoms with Gasteiger partial charge >= 0.3 is 0 Å². The van der Waals surface area contributed by atoms with E-state index in [9.17, 15) is 9.18 Å². The van der Waals surface area contributed by atoms with Crippen LogP contribution in [0.4, 0.5) is 4.39 Å². The predicted octanol–water partition coefficient (Wildman–Crippen LogP) is 3.12. The number of benzene rings is 2. The number of carbonyl (C=O) groups excluding carboxylic acids is 1. The summed E-state index contributed by atoms with van der Waals surface area (Å²) in [6, 6.07) is 11.8. The molecule has 0 saturated heterocycles.